The molecule has 0 saturated carbocycles. The maximum absolute atomic E-state index is 11.7. The maximum Gasteiger partial charge on any atom is 0.189 e. The summed E-state index contributed by atoms with van der Waals surface area (Å²) in [6, 6.07) is 7.40. The van der Waals surface area contributed by atoms with E-state index in [0.29, 0.717) is 12.1 Å². The third-order valence-corrected chi connectivity index (χ3v) is 2.20. The molecule has 0 fully saturated rings. The third kappa shape index (κ3) is 2.25. The van der Waals surface area contributed by atoms with Gasteiger partial charge in [0.05, 0.1) is 13.3 Å². The number of hydrogen-bond acceptors (Lipinski definition) is 4. The first kappa shape index (κ1) is 10.4. The predicted molar refractivity (Wildman–Crippen MR) is 57.4 cm³/mol. The van der Waals surface area contributed by atoms with E-state index in [0.717, 1.165) is 11.3 Å². The molecule has 1 N–H and O–H groups in total. The Kier molecular flexibility index (Phi) is 2.95. The molecule has 2 aromatic rings. The van der Waals surface area contributed by atoms with Crippen molar-refractivity contribution in [2.45, 2.75) is 6.42 Å². The van der Waals surface area contributed by atoms with Crippen LogP contribution < -0.4 is 4.74 Å². The van der Waals surface area contributed by atoms with Gasteiger partial charge in [0, 0.05) is 6.42 Å². The first-order valence-electron chi connectivity index (χ1n) is 4.81. The molecule has 1 aromatic heterocycles. The molecule has 0 aliphatic carbocycles. The van der Waals surface area contributed by atoms with E-state index in [-0.39, 0.29) is 5.78 Å². The SMILES string of the molecule is COc1cccc(CC(=O)c2cn[nH]n2)c1. The summed E-state index contributed by atoms with van der Waals surface area (Å²) in [5.41, 5.74) is 1.25. The summed E-state index contributed by atoms with van der Waals surface area (Å²) in [4.78, 5) is 11.7. The van der Waals surface area contributed by atoms with Crippen LogP contribution in [-0.2, 0) is 6.42 Å². The van der Waals surface area contributed by atoms with E-state index < -0.39 is 0 Å². The average molecular weight is 217 g/mol. The Labute approximate surface area is 92.4 Å². The molecule has 0 unspecified atom stereocenters. The number of nitrogens with one attached hydrogen (secondary N) is 1. The number of Topliss-reactive ketones (excluding diaryl/α,β-unsaturated/α-hetero) is 1. The molecule has 2 rings (SSSR count). The second kappa shape index (κ2) is 4.57. The number of benzene rings is 1. The zero-order chi connectivity index (χ0) is 11.4. The Morgan fingerprint density at radius 3 is 3.06 bits per heavy atom. The van der Waals surface area contributed by atoms with Gasteiger partial charge in [0.25, 0.3) is 0 Å². The summed E-state index contributed by atoms with van der Waals surface area (Å²) in [5.74, 6) is 0.674. The lowest BCUT2D eigenvalue weighted by atomic mass is 10.1. The molecule has 1 heterocycles. The second-order valence-corrected chi connectivity index (χ2v) is 3.31. The van der Waals surface area contributed by atoms with Crippen LogP contribution in [-0.4, -0.2) is 28.3 Å². The second-order valence-electron chi connectivity index (χ2n) is 3.31. The Balaban J connectivity index is 2.12. The van der Waals surface area contributed by atoms with Gasteiger partial charge in [-0.2, -0.15) is 15.4 Å². The Morgan fingerprint density at radius 2 is 2.38 bits per heavy atom. The van der Waals surface area contributed by atoms with Crippen molar-refractivity contribution in [2.75, 3.05) is 7.11 Å². The van der Waals surface area contributed by atoms with Gasteiger partial charge in [-0.25, -0.2) is 0 Å². The van der Waals surface area contributed by atoms with Crippen LogP contribution in [0.25, 0.3) is 0 Å². The van der Waals surface area contributed by atoms with Crippen molar-refractivity contribution in [1.29, 1.82) is 0 Å². The van der Waals surface area contributed by atoms with Crippen LogP contribution in [0.4, 0.5) is 0 Å². The monoisotopic (exact) mass is 217 g/mol. The number of carbonyl (C=O) groups is 1. The van der Waals surface area contributed by atoms with Crippen molar-refractivity contribution < 1.29 is 9.53 Å². The molecule has 0 aliphatic heterocycles. The highest BCUT2D eigenvalue weighted by molar-refractivity contribution is 5.95. The first-order valence-corrected chi connectivity index (χ1v) is 4.81. The number of H-pyrrole nitrogens is 1. The highest BCUT2D eigenvalue weighted by Crippen LogP contribution is 2.14. The molecule has 0 spiro atoms. The number of ether oxygens (including phenoxy) is 1. The largest absolute Gasteiger partial charge is 0.497 e. The fourth-order valence-electron chi connectivity index (χ4n) is 1.39. The van der Waals surface area contributed by atoms with Crippen LogP contribution in [0, 0.1) is 0 Å². The third-order valence-electron chi connectivity index (χ3n) is 2.20. The summed E-state index contributed by atoms with van der Waals surface area (Å²) in [7, 11) is 1.60. The van der Waals surface area contributed by atoms with E-state index in [9.17, 15) is 4.79 Å². The quantitative estimate of drug-likeness (QED) is 0.782. The van der Waals surface area contributed by atoms with Gasteiger partial charge < -0.3 is 4.74 Å². The predicted octanol–water partition coefficient (Wildman–Crippen LogP) is 1.24. The minimum Gasteiger partial charge on any atom is -0.497 e. The minimum absolute atomic E-state index is 0.0676. The number of methoxy groups -OCH3 is 1. The lowest BCUT2D eigenvalue weighted by Gasteiger charge is -2.02. The molecule has 5 nitrogen and oxygen atoms in total. The zero-order valence-corrected chi connectivity index (χ0v) is 8.80. The van der Waals surface area contributed by atoms with Crippen LogP contribution in [0.3, 0.4) is 0 Å². The molecule has 0 amide bonds. The van der Waals surface area contributed by atoms with Gasteiger partial charge in [0.2, 0.25) is 0 Å². The van der Waals surface area contributed by atoms with E-state index in [4.69, 9.17) is 4.74 Å². The van der Waals surface area contributed by atoms with Crippen LogP contribution in [0.5, 0.6) is 5.75 Å². The molecular weight excluding hydrogens is 206 g/mol. The normalized spacial score (nSPS) is 10.1. The highest BCUT2D eigenvalue weighted by Gasteiger charge is 2.09. The molecule has 5 heteroatoms. The number of carbonyl (C=O) groups excluding carboxylic acids is 1. The van der Waals surface area contributed by atoms with E-state index in [2.05, 4.69) is 15.4 Å². The van der Waals surface area contributed by atoms with Crippen LogP contribution in [0.15, 0.2) is 30.5 Å². The Bertz CT molecular complexity index is 480. The zero-order valence-electron chi connectivity index (χ0n) is 8.80. The van der Waals surface area contributed by atoms with Gasteiger partial charge in [0.15, 0.2) is 5.78 Å². The summed E-state index contributed by atoms with van der Waals surface area (Å²) < 4.78 is 5.08. The molecule has 0 aliphatic rings. The molecule has 16 heavy (non-hydrogen) atoms. The summed E-state index contributed by atoms with van der Waals surface area (Å²) >= 11 is 0. The van der Waals surface area contributed by atoms with Crippen LogP contribution in [0.1, 0.15) is 16.1 Å². The first-order chi connectivity index (χ1) is 7.79. The van der Waals surface area contributed by atoms with Crippen molar-refractivity contribution in [3.8, 4) is 5.75 Å². The molecule has 0 atom stereocenters. The van der Waals surface area contributed by atoms with Crippen LogP contribution in [0.2, 0.25) is 0 Å². The summed E-state index contributed by atoms with van der Waals surface area (Å²) in [6.07, 6.45) is 1.71. The Morgan fingerprint density at radius 1 is 1.50 bits per heavy atom. The molecular formula is C11H11N3O2. The fraction of sp³-hybridized carbons (Fsp3) is 0.182. The Hall–Kier alpha value is -2.17. The van der Waals surface area contributed by atoms with Crippen LogP contribution >= 0.6 is 0 Å². The molecule has 0 radical (unpaired) electrons. The molecule has 0 saturated heterocycles. The molecule has 0 bridgehead atoms. The fourth-order valence-corrected chi connectivity index (χ4v) is 1.39. The number of rotatable bonds is 4. The lowest BCUT2D eigenvalue weighted by molar-refractivity contribution is 0.0988. The topological polar surface area (TPSA) is 67.9 Å². The van der Waals surface area contributed by atoms with Gasteiger partial charge in [-0.3, -0.25) is 4.79 Å². The smallest absolute Gasteiger partial charge is 0.189 e. The highest BCUT2D eigenvalue weighted by atomic mass is 16.5. The molecule has 1 aromatic carbocycles. The lowest BCUT2D eigenvalue weighted by Crippen LogP contribution is -2.04. The number of aromatic amines is 1. The average Bonchev–Trinajstić information content (AvgIpc) is 2.83. The minimum atomic E-state index is -0.0676. The van der Waals surface area contributed by atoms with Crippen molar-refractivity contribution in [3.05, 3.63) is 41.7 Å². The van der Waals surface area contributed by atoms with E-state index in [1.807, 2.05) is 24.3 Å². The van der Waals surface area contributed by atoms with Gasteiger partial charge in [-0.15, -0.1) is 0 Å². The van der Waals surface area contributed by atoms with Gasteiger partial charge >= 0.3 is 0 Å². The van der Waals surface area contributed by atoms with E-state index in [1.54, 1.807) is 7.11 Å². The standard InChI is InChI=1S/C11H11N3O2/c1-16-9-4-2-3-8(5-9)6-11(15)10-7-12-14-13-10/h2-5,7H,6H2,1H3,(H,12,13,14). The number of ketones is 1. The van der Waals surface area contributed by atoms with Gasteiger partial charge in [-0.05, 0) is 17.7 Å². The van der Waals surface area contributed by atoms with Gasteiger partial charge in [-0.1, -0.05) is 12.1 Å². The maximum atomic E-state index is 11.7. The number of nitrogens with zero attached hydrogens (tertiary/aromatic N) is 2. The van der Waals surface area contributed by atoms with Gasteiger partial charge in [0.1, 0.15) is 11.4 Å². The van der Waals surface area contributed by atoms with E-state index in [1.165, 1.54) is 6.20 Å². The van der Waals surface area contributed by atoms with Crippen molar-refractivity contribution in [1.82, 2.24) is 15.4 Å². The summed E-state index contributed by atoms with van der Waals surface area (Å²) in [6.45, 7) is 0. The molecule has 82 valence electrons. The van der Waals surface area contributed by atoms with Crippen molar-refractivity contribution in [2.24, 2.45) is 0 Å². The number of hydrogen-bond donors (Lipinski definition) is 1. The summed E-state index contributed by atoms with van der Waals surface area (Å²) in [5, 5.41) is 9.75. The van der Waals surface area contributed by atoms with Crippen molar-refractivity contribution >= 4 is 5.78 Å². The van der Waals surface area contributed by atoms with E-state index >= 15 is 0 Å². The number of aromatic nitrogens is 3. The van der Waals surface area contributed by atoms with Crippen molar-refractivity contribution in [3.63, 3.8) is 0 Å².